The highest BCUT2D eigenvalue weighted by Gasteiger charge is 2.23. The molecule has 0 rings (SSSR count). The second-order valence-electron chi connectivity index (χ2n) is 4.48. The molecule has 0 aromatic carbocycles. The molecule has 0 aromatic rings. The molecular weight excluding hydrogens is 190 g/mol. The van der Waals surface area contributed by atoms with Gasteiger partial charge in [-0.1, -0.05) is 6.92 Å². The second kappa shape index (κ2) is 5.72. The Morgan fingerprint density at radius 1 is 1.60 bits per heavy atom. The van der Waals surface area contributed by atoms with Crippen LogP contribution in [0.5, 0.6) is 0 Å². The van der Waals surface area contributed by atoms with Crippen LogP contribution in [0.2, 0.25) is 0 Å². The zero-order chi connectivity index (χ0) is 12.1. The lowest BCUT2D eigenvalue weighted by Gasteiger charge is -2.29. The molecule has 4 heteroatoms. The zero-order valence-corrected chi connectivity index (χ0v) is 10.3. The Hall–Kier alpha value is -1.08. The van der Waals surface area contributed by atoms with E-state index in [0.29, 0.717) is 0 Å². The molecule has 1 unspecified atom stereocenters. The lowest BCUT2D eigenvalue weighted by atomic mass is 10.0. The van der Waals surface area contributed by atoms with Crippen LogP contribution in [0.3, 0.4) is 0 Å². The molecule has 4 nitrogen and oxygen atoms in total. The molecular formula is C11H21N3O. The Morgan fingerprint density at radius 3 is 2.53 bits per heavy atom. The fraction of sp³-hybridized carbons (Fsp3) is 0.818. The quantitative estimate of drug-likeness (QED) is 0.694. The number of carbonyl (C=O) groups is 1. The molecule has 0 aliphatic carbocycles. The predicted molar refractivity (Wildman–Crippen MR) is 60.2 cm³/mol. The van der Waals surface area contributed by atoms with Crippen molar-refractivity contribution in [1.82, 2.24) is 10.2 Å². The highest BCUT2D eigenvalue weighted by molar-refractivity contribution is 5.81. The first-order chi connectivity index (χ1) is 6.84. The Kier molecular flexibility index (Phi) is 5.31. The summed E-state index contributed by atoms with van der Waals surface area (Å²) in [5.41, 5.74) is -0.182. The van der Waals surface area contributed by atoms with Crippen molar-refractivity contribution in [1.29, 1.82) is 5.26 Å². The highest BCUT2D eigenvalue weighted by atomic mass is 16.2. The fourth-order valence-corrected chi connectivity index (χ4v) is 0.975. The molecule has 0 aromatic heterocycles. The molecule has 0 aliphatic heterocycles. The van der Waals surface area contributed by atoms with Gasteiger partial charge in [0.1, 0.15) is 0 Å². The summed E-state index contributed by atoms with van der Waals surface area (Å²) in [5, 5.41) is 11.5. The van der Waals surface area contributed by atoms with E-state index in [2.05, 4.69) is 5.32 Å². The number of amides is 1. The summed E-state index contributed by atoms with van der Waals surface area (Å²) in [7, 11) is 1.77. The van der Waals surface area contributed by atoms with Crippen molar-refractivity contribution < 1.29 is 4.79 Å². The van der Waals surface area contributed by atoms with Crippen molar-refractivity contribution in [3.05, 3.63) is 0 Å². The van der Waals surface area contributed by atoms with Crippen LogP contribution in [0.15, 0.2) is 0 Å². The van der Waals surface area contributed by atoms with Gasteiger partial charge in [-0.3, -0.25) is 9.69 Å². The van der Waals surface area contributed by atoms with Crippen LogP contribution in [0.25, 0.3) is 0 Å². The molecule has 15 heavy (non-hydrogen) atoms. The minimum absolute atomic E-state index is 0.0281. The number of rotatable bonds is 5. The van der Waals surface area contributed by atoms with E-state index in [9.17, 15) is 4.79 Å². The van der Waals surface area contributed by atoms with Crippen molar-refractivity contribution >= 4 is 5.91 Å². The van der Waals surface area contributed by atoms with Gasteiger partial charge in [0.15, 0.2) is 0 Å². The molecule has 0 spiro atoms. The fourth-order valence-electron chi connectivity index (χ4n) is 0.975. The molecule has 1 atom stereocenters. The molecule has 0 radical (unpaired) electrons. The maximum absolute atomic E-state index is 11.8. The number of carbonyl (C=O) groups excluding carboxylic acids is 1. The van der Waals surface area contributed by atoms with Crippen LogP contribution in [-0.4, -0.2) is 36.0 Å². The molecule has 0 bridgehead atoms. The van der Waals surface area contributed by atoms with E-state index < -0.39 is 0 Å². The molecule has 1 N–H and O–H groups in total. The smallest absolute Gasteiger partial charge is 0.237 e. The van der Waals surface area contributed by atoms with Crippen molar-refractivity contribution in [2.24, 2.45) is 0 Å². The van der Waals surface area contributed by atoms with Crippen molar-refractivity contribution in [2.75, 3.05) is 13.6 Å². The molecule has 1 amide bonds. The highest BCUT2D eigenvalue weighted by Crippen LogP contribution is 2.08. The van der Waals surface area contributed by atoms with Gasteiger partial charge in [-0.15, -0.1) is 0 Å². The first kappa shape index (κ1) is 13.9. The van der Waals surface area contributed by atoms with Gasteiger partial charge < -0.3 is 5.32 Å². The van der Waals surface area contributed by atoms with Crippen LogP contribution in [-0.2, 0) is 4.79 Å². The van der Waals surface area contributed by atoms with Crippen molar-refractivity contribution in [2.45, 2.75) is 45.7 Å². The van der Waals surface area contributed by atoms with Gasteiger partial charge in [0, 0.05) is 5.54 Å². The van der Waals surface area contributed by atoms with E-state index >= 15 is 0 Å². The summed E-state index contributed by atoms with van der Waals surface area (Å²) in [6.45, 7) is 8.08. The molecule has 0 saturated heterocycles. The van der Waals surface area contributed by atoms with Crippen molar-refractivity contribution in [3.8, 4) is 6.07 Å². The molecule has 0 heterocycles. The second-order valence-corrected chi connectivity index (χ2v) is 4.48. The summed E-state index contributed by atoms with van der Waals surface area (Å²) in [6.07, 6.45) is 0.882. The number of nitriles is 1. The molecule has 86 valence electrons. The predicted octanol–water partition coefficient (Wildman–Crippen LogP) is 1.14. The molecule has 0 saturated carbocycles. The van der Waals surface area contributed by atoms with Gasteiger partial charge in [0.25, 0.3) is 0 Å². The Bertz CT molecular complexity index is 255. The average molecular weight is 211 g/mol. The number of hydrogen-bond donors (Lipinski definition) is 1. The summed E-state index contributed by atoms with van der Waals surface area (Å²) < 4.78 is 0. The van der Waals surface area contributed by atoms with Gasteiger partial charge in [-0.25, -0.2) is 0 Å². The van der Waals surface area contributed by atoms with E-state index in [1.807, 2.05) is 26.8 Å². The van der Waals surface area contributed by atoms with Crippen LogP contribution in [0, 0.1) is 11.3 Å². The third-order valence-corrected chi connectivity index (χ3v) is 2.71. The maximum atomic E-state index is 11.8. The lowest BCUT2D eigenvalue weighted by molar-refractivity contribution is -0.126. The Labute approximate surface area is 92.3 Å². The standard InChI is InChI=1S/C11H21N3O/c1-6-11(3,4)13-10(15)9(2)14(5)8-7-12/h9H,6,8H2,1-5H3,(H,13,15). The lowest BCUT2D eigenvalue weighted by Crippen LogP contribution is -2.51. The number of nitrogens with one attached hydrogen (secondary N) is 1. The minimum atomic E-state index is -0.268. The first-order valence-corrected chi connectivity index (χ1v) is 5.23. The van der Waals surface area contributed by atoms with Crippen LogP contribution >= 0.6 is 0 Å². The Morgan fingerprint density at radius 2 is 2.13 bits per heavy atom. The summed E-state index contributed by atoms with van der Waals surface area (Å²) in [6, 6.07) is 1.76. The number of likely N-dealkylation sites (N-methyl/N-ethyl adjacent to an activating group) is 1. The Balaban J connectivity index is 4.28. The minimum Gasteiger partial charge on any atom is -0.350 e. The van der Waals surface area contributed by atoms with Gasteiger partial charge in [0.05, 0.1) is 18.7 Å². The zero-order valence-electron chi connectivity index (χ0n) is 10.3. The topological polar surface area (TPSA) is 56.1 Å². The monoisotopic (exact) mass is 211 g/mol. The van der Waals surface area contributed by atoms with Gasteiger partial charge >= 0.3 is 0 Å². The number of hydrogen-bond acceptors (Lipinski definition) is 3. The summed E-state index contributed by atoms with van der Waals surface area (Å²) in [4.78, 5) is 13.5. The van der Waals surface area contributed by atoms with E-state index in [4.69, 9.17) is 5.26 Å². The molecule has 0 aliphatic rings. The number of nitrogens with zero attached hydrogens (tertiary/aromatic N) is 2. The normalized spacial score (nSPS) is 13.4. The summed E-state index contributed by atoms with van der Waals surface area (Å²) >= 11 is 0. The van der Waals surface area contributed by atoms with Crippen molar-refractivity contribution in [3.63, 3.8) is 0 Å². The van der Waals surface area contributed by atoms with Crippen LogP contribution in [0.4, 0.5) is 0 Å². The van der Waals surface area contributed by atoms with E-state index in [-0.39, 0.29) is 24.0 Å². The van der Waals surface area contributed by atoms with Gasteiger partial charge in [0.2, 0.25) is 5.91 Å². The SMILES string of the molecule is CCC(C)(C)NC(=O)C(C)N(C)CC#N. The molecule has 0 fully saturated rings. The van der Waals surface area contributed by atoms with E-state index in [1.165, 1.54) is 0 Å². The average Bonchev–Trinajstić information content (AvgIpc) is 2.16. The van der Waals surface area contributed by atoms with E-state index in [0.717, 1.165) is 6.42 Å². The largest absolute Gasteiger partial charge is 0.350 e. The first-order valence-electron chi connectivity index (χ1n) is 5.23. The van der Waals surface area contributed by atoms with Gasteiger partial charge in [-0.05, 0) is 34.2 Å². The van der Waals surface area contributed by atoms with E-state index in [1.54, 1.807) is 18.9 Å². The van der Waals surface area contributed by atoms with Crippen LogP contribution < -0.4 is 5.32 Å². The van der Waals surface area contributed by atoms with Gasteiger partial charge in [-0.2, -0.15) is 5.26 Å². The third kappa shape index (κ3) is 4.80. The third-order valence-electron chi connectivity index (χ3n) is 2.71. The van der Waals surface area contributed by atoms with Crippen LogP contribution in [0.1, 0.15) is 34.1 Å². The maximum Gasteiger partial charge on any atom is 0.237 e. The summed E-state index contributed by atoms with van der Waals surface area (Å²) in [5.74, 6) is -0.0281.